The first-order valence-corrected chi connectivity index (χ1v) is 40.1. The number of carbonyl (C=O) groups excluding carboxylic acids is 13. The minimum Gasteiger partial charge on any atom is -0.466 e. The van der Waals surface area contributed by atoms with Crippen molar-refractivity contribution >= 4 is 77.5 Å². The van der Waals surface area contributed by atoms with Gasteiger partial charge in [0.2, 0.25) is 5.91 Å². The fraction of sp³-hybridized carbons (Fsp3) is 0.790. The van der Waals surface area contributed by atoms with E-state index < -0.39 is 143 Å². The summed E-state index contributed by atoms with van der Waals surface area (Å²) < 4.78 is 62.4. The summed E-state index contributed by atoms with van der Waals surface area (Å²) in [6.45, 7) is 31.8. The highest BCUT2D eigenvalue weighted by molar-refractivity contribution is 5.90. The summed E-state index contributed by atoms with van der Waals surface area (Å²) >= 11 is 0. The molecule has 4 fully saturated rings. The van der Waals surface area contributed by atoms with Gasteiger partial charge in [0.15, 0.2) is 0 Å². The average Bonchev–Trinajstić information content (AvgIpc) is 0.802. The Morgan fingerprint density at radius 1 is 0.318 bits per heavy atom. The standard InChI is InChI=1S/C26H44O8.C22H36O8.C18H24O8.C15H29NO.2H2/c1-5-9-13-31-23(27)19-17-21(25(29)33-15-11-7-3)22(26(30)34-16-12-8-4)18-20(19)24(28)32-14-10-6-2;1-5-9-27-19(23)15-13-17(21(25)29-11-7-3)18(22(26)30-12-8-4)14-16(15)20(24)28-10-6-2;1-5-23-15(19)11-9-13(17(21)25-7-3)14(18(22)26-8-4)10-12(11)16(20)24-6-2;1-3-5-9-13(4-2)12-15(17)16-14-10-7-6-8-11-14;;/h19-22H,5-18H2,1-4H3;15-18H,5-14H2,1-4H3;5-6,11-14H,1-2,7-10H2,3-4H3;13-14H,3-12H2,1-2H3,(H,16,17);2*1H. The highest BCUT2D eigenvalue weighted by Crippen LogP contribution is 2.44. The number of ether oxygens (including phenoxy) is 12. The van der Waals surface area contributed by atoms with Crippen molar-refractivity contribution in [1.29, 1.82) is 0 Å². The van der Waals surface area contributed by atoms with E-state index in [-0.39, 0.29) is 107 Å². The van der Waals surface area contributed by atoms with Crippen molar-refractivity contribution in [2.45, 2.75) is 269 Å². The highest BCUT2D eigenvalue weighted by Gasteiger charge is 2.54. The molecule has 4 aliphatic carbocycles. The third kappa shape index (κ3) is 36.6. The highest BCUT2D eigenvalue weighted by atomic mass is 16.6. The number of carbonyl (C=O) groups is 13. The van der Waals surface area contributed by atoms with Gasteiger partial charge in [-0.2, -0.15) is 0 Å². The van der Waals surface area contributed by atoms with Crippen LogP contribution in [0, 0.1) is 76.9 Å². The molecule has 26 nitrogen and oxygen atoms in total. The molecule has 0 aromatic heterocycles. The second kappa shape index (κ2) is 58.6. The van der Waals surface area contributed by atoms with Crippen LogP contribution in [0.25, 0.3) is 0 Å². The van der Waals surface area contributed by atoms with Gasteiger partial charge in [-0.05, 0) is 129 Å². The molecule has 26 heteroatoms. The van der Waals surface area contributed by atoms with Crippen LogP contribution < -0.4 is 5.32 Å². The summed E-state index contributed by atoms with van der Waals surface area (Å²) in [5.41, 5.74) is 0. The number of unbranched alkanes of at least 4 members (excludes halogenated alkanes) is 5. The van der Waals surface area contributed by atoms with E-state index >= 15 is 0 Å². The zero-order valence-corrected chi connectivity index (χ0v) is 66.7. The maximum absolute atomic E-state index is 12.9. The molecule has 616 valence electrons. The molecule has 4 rings (SSSR count). The monoisotopic (exact) mass is 1520 g/mol. The van der Waals surface area contributed by atoms with Crippen LogP contribution in [-0.2, 0) is 119 Å². The Labute approximate surface area is 640 Å². The molecule has 4 saturated carbocycles. The average molecular weight is 1520 g/mol. The Morgan fingerprint density at radius 3 is 0.766 bits per heavy atom. The largest absolute Gasteiger partial charge is 0.466 e. The Bertz CT molecular complexity index is 2430. The molecule has 0 aliphatic heterocycles. The van der Waals surface area contributed by atoms with Crippen molar-refractivity contribution in [1.82, 2.24) is 5.32 Å². The molecular formula is C81H137NO25. The first-order chi connectivity index (χ1) is 51.5. The number of amides is 1. The molecular weight excluding hydrogens is 1390 g/mol. The van der Waals surface area contributed by atoms with E-state index in [1.165, 1.54) is 51.4 Å². The van der Waals surface area contributed by atoms with Crippen molar-refractivity contribution in [3.8, 4) is 0 Å². The SMILES string of the molecule is C=COC(=O)C1CC(C(=O)OCC)C(C(=O)OCC)CC1C(=O)OC=C.CCCCC(CC)CC(=O)NC1CCCCC1.CCCCOC(=O)C1CC(C(=O)OCCCC)C(C(=O)OCCCC)CC1C(=O)OCCCC.CCCOC(=O)C1CC(C(=O)OCCC)C(C(=O)OCCC)CC1C(=O)OCCC.[HH].[HH]. The predicted octanol–water partition coefficient (Wildman–Crippen LogP) is 14.0. The molecule has 0 heterocycles. The topological polar surface area (TPSA) is 345 Å². The lowest BCUT2D eigenvalue weighted by Crippen LogP contribution is -2.46. The summed E-state index contributed by atoms with van der Waals surface area (Å²) in [5.74, 6) is -16.9. The van der Waals surface area contributed by atoms with Gasteiger partial charge in [-0.1, -0.05) is 147 Å². The second-order valence-corrected chi connectivity index (χ2v) is 27.7. The molecule has 107 heavy (non-hydrogen) atoms. The van der Waals surface area contributed by atoms with E-state index in [0.29, 0.717) is 69.2 Å². The van der Waals surface area contributed by atoms with Crippen LogP contribution in [0.1, 0.15) is 266 Å². The van der Waals surface area contributed by atoms with Crippen LogP contribution in [0.2, 0.25) is 0 Å². The lowest BCUT2D eigenvalue weighted by Gasteiger charge is -2.37. The summed E-state index contributed by atoms with van der Waals surface area (Å²) in [6.07, 6.45) is 22.4. The van der Waals surface area contributed by atoms with Gasteiger partial charge in [0.25, 0.3) is 0 Å². The van der Waals surface area contributed by atoms with Crippen LogP contribution in [0.15, 0.2) is 25.7 Å². The summed E-state index contributed by atoms with van der Waals surface area (Å²) in [4.78, 5) is 164. The fourth-order valence-corrected chi connectivity index (χ4v) is 13.3. The number of hydrogen-bond donors (Lipinski definition) is 1. The van der Waals surface area contributed by atoms with Crippen molar-refractivity contribution in [2.24, 2.45) is 76.9 Å². The van der Waals surface area contributed by atoms with Crippen LogP contribution in [-0.4, -0.2) is 150 Å². The van der Waals surface area contributed by atoms with Crippen molar-refractivity contribution in [3.05, 3.63) is 25.7 Å². The van der Waals surface area contributed by atoms with E-state index in [1.54, 1.807) is 13.8 Å². The van der Waals surface area contributed by atoms with E-state index in [1.807, 2.05) is 55.4 Å². The molecule has 0 bridgehead atoms. The minimum atomic E-state index is -0.986. The number of rotatable bonds is 43. The third-order valence-electron chi connectivity index (χ3n) is 19.3. The van der Waals surface area contributed by atoms with E-state index in [4.69, 9.17) is 56.8 Å². The molecule has 0 aromatic rings. The normalized spacial score (nSPS) is 22.5. The zero-order chi connectivity index (χ0) is 80.1. The lowest BCUT2D eigenvalue weighted by atomic mass is 9.68. The maximum atomic E-state index is 12.9. The van der Waals surface area contributed by atoms with Gasteiger partial charge in [0, 0.05) is 15.3 Å². The molecule has 1 N–H and O–H groups in total. The first kappa shape index (κ1) is 97.6. The Morgan fingerprint density at radius 2 is 0.551 bits per heavy atom. The van der Waals surface area contributed by atoms with Gasteiger partial charge in [0.05, 0.1) is 150 Å². The quantitative estimate of drug-likeness (QED) is 0.0256. The molecule has 0 spiro atoms. The molecule has 0 radical (unpaired) electrons. The molecule has 0 aromatic carbocycles. The molecule has 13 atom stereocenters. The Hall–Kier alpha value is -7.41. The second-order valence-electron chi connectivity index (χ2n) is 27.7. The van der Waals surface area contributed by atoms with E-state index in [2.05, 4.69) is 32.3 Å². The molecule has 4 aliphatic rings. The first-order valence-electron chi connectivity index (χ1n) is 40.1. The zero-order valence-electron chi connectivity index (χ0n) is 66.7. The molecule has 13 unspecified atom stereocenters. The van der Waals surface area contributed by atoms with E-state index in [0.717, 1.165) is 51.0 Å². The van der Waals surface area contributed by atoms with Crippen LogP contribution in [0.4, 0.5) is 0 Å². The summed E-state index contributed by atoms with van der Waals surface area (Å²) in [6, 6.07) is 0.472. The lowest BCUT2D eigenvalue weighted by molar-refractivity contribution is -0.175. The van der Waals surface area contributed by atoms with Gasteiger partial charge < -0.3 is 62.2 Å². The van der Waals surface area contributed by atoms with Gasteiger partial charge >= 0.3 is 71.6 Å². The predicted molar refractivity (Wildman–Crippen MR) is 401 cm³/mol. The van der Waals surface area contributed by atoms with E-state index in [9.17, 15) is 62.3 Å². The number of hydrogen-bond acceptors (Lipinski definition) is 25. The third-order valence-corrected chi connectivity index (χ3v) is 19.3. The number of nitrogens with one attached hydrogen (secondary N) is 1. The van der Waals surface area contributed by atoms with Crippen LogP contribution >= 0.6 is 0 Å². The van der Waals surface area contributed by atoms with Crippen molar-refractivity contribution < 1.29 is 122 Å². The fourth-order valence-electron chi connectivity index (χ4n) is 13.3. The Balaban J connectivity index is 0. The van der Waals surface area contributed by atoms with Crippen LogP contribution in [0.5, 0.6) is 0 Å². The van der Waals surface area contributed by atoms with Crippen molar-refractivity contribution in [3.63, 3.8) is 0 Å². The number of esters is 12. The summed E-state index contributed by atoms with van der Waals surface area (Å²) in [7, 11) is 0. The molecule has 0 saturated heterocycles. The Kier molecular flexibility index (Phi) is 53.4. The summed E-state index contributed by atoms with van der Waals surface area (Å²) in [5, 5.41) is 3.22. The molecule has 1 amide bonds. The van der Waals surface area contributed by atoms with Gasteiger partial charge in [-0.15, -0.1) is 0 Å². The van der Waals surface area contributed by atoms with Crippen molar-refractivity contribution in [2.75, 3.05) is 66.1 Å². The van der Waals surface area contributed by atoms with Gasteiger partial charge in [-0.25, -0.2) is 0 Å². The van der Waals surface area contributed by atoms with Gasteiger partial charge in [-0.3, -0.25) is 62.3 Å². The van der Waals surface area contributed by atoms with Crippen LogP contribution in [0.3, 0.4) is 0 Å². The minimum absolute atomic E-state index is 0. The van der Waals surface area contributed by atoms with Gasteiger partial charge in [0.1, 0.15) is 0 Å². The smallest absolute Gasteiger partial charge is 0.314 e. The maximum Gasteiger partial charge on any atom is 0.314 e.